The molecule has 0 aliphatic carbocycles. The summed E-state index contributed by atoms with van der Waals surface area (Å²) >= 11 is 7.59. The molecule has 9 heteroatoms. The maximum Gasteiger partial charge on any atom is 0.262 e. The number of halogens is 1. The molecule has 2 aromatic heterocycles. The van der Waals surface area contributed by atoms with Crippen LogP contribution in [0.5, 0.6) is 0 Å². The van der Waals surface area contributed by atoms with Crippen LogP contribution < -0.4 is 5.56 Å². The van der Waals surface area contributed by atoms with Crippen molar-refractivity contribution in [2.24, 2.45) is 0 Å². The van der Waals surface area contributed by atoms with Gasteiger partial charge >= 0.3 is 0 Å². The normalized spacial score (nSPS) is 11.3. The number of fused-ring (bicyclic) bond motifs is 1. The highest BCUT2D eigenvalue weighted by Gasteiger charge is 2.15. The van der Waals surface area contributed by atoms with Gasteiger partial charge in [-0.1, -0.05) is 47.6 Å². The van der Waals surface area contributed by atoms with E-state index in [1.807, 2.05) is 36.4 Å². The highest BCUT2D eigenvalue weighted by molar-refractivity contribution is 7.98. The zero-order chi connectivity index (χ0) is 20.9. The van der Waals surface area contributed by atoms with E-state index >= 15 is 0 Å². The van der Waals surface area contributed by atoms with Crippen LogP contribution in [0.2, 0.25) is 5.02 Å². The minimum Gasteiger partial charge on any atom is -0.420 e. The first-order chi connectivity index (χ1) is 14.7. The van der Waals surface area contributed by atoms with Crippen LogP contribution in [0, 0.1) is 0 Å². The van der Waals surface area contributed by atoms with E-state index in [-0.39, 0.29) is 5.56 Å². The zero-order valence-electron chi connectivity index (χ0n) is 16.2. The summed E-state index contributed by atoms with van der Waals surface area (Å²) in [5.41, 5.74) is 1.28. The van der Waals surface area contributed by atoms with E-state index < -0.39 is 0 Å². The number of nitrogens with zero attached hydrogens (tertiary/aromatic N) is 4. The van der Waals surface area contributed by atoms with Crippen LogP contribution >= 0.6 is 23.4 Å². The quantitative estimate of drug-likeness (QED) is 0.227. The van der Waals surface area contributed by atoms with Crippen LogP contribution in [0.25, 0.3) is 22.4 Å². The van der Waals surface area contributed by atoms with Gasteiger partial charge in [-0.3, -0.25) is 9.36 Å². The molecule has 4 aromatic rings. The molecule has 0 radical (unpaired) electrons. The van der Waals surface area contributed by atoms with E-state index in [0.717, 1.165) is 0 Å². The molecule has 0 saturated carbocycles. The van der Waals surface area contributed by atoms with Crippen molar-refractivity contribution in [2.45, 2.75) is 23.9 Å². The first-order valence-corrected chi connectivity index (χ1v) is 10.7. The average Bonchev–Trinajstić information content (AvgIpc) is 3.23. The van der Waals surface area contributed by atoms with Gasteiger partial charge in [0.15, 0.2) is 5.16 Å². The van der Waals surface area contributed by atoms with Crippen molar-refractivity contribution in [3.63, 3.8) is 0 Å². The van der Waals surface area contributed by atoms with Crippen LogP contribution in [0.3, 0.4) is 0 Å². The van der Waals surface area contributed by atoms with Crippen LogP contribution in [-0.2, 0) is 17.0 Å². The van der Waals surface area contributed by atoms with Crippen molar-refractivity contribution in [3.8, 4) is 11.5 Å². The third-order valence-electron chi connectivity index (χ3n) is 4.45. The number of ether oxygens (including phenoxy) is 1. The molecule has 154 valence electrons. The Bertz CT molecular complexity index is 1220. The zero-order valence-corrected chi connectivity index (χ0v) is 17.8. The molecule has 4 rings (SSSR count). The molecule has 0 spiro atoms. The first-order valence-electron chi connectivity index (χ1n) is 9.36. The fourth-order valence-electron chi connectivity index (χ4n) is 3.00. The third kappa shape index (κ3) is 4.40. The topological polar surface area (TPSA) is 83.0 Å². The Morgan fingerprint density at radius 3 is 2.77 bits per heavy atom. The van der Waals surface area contributed by atoms with Crippen molar-refractivity contribution in [3.05, 3.63) is 69.8 Å². The number of para-hydroxylation sites is 1. The van der Waals surface area contributed by atoms with Gasteiger partial charge in [0.1, 0.15) is 0 Å². The maximum absolute atomic E-state index is 13.0. The smallest absolute Gasteiger partial charge is 0.262 e. The lowest BCUT2D eigenvalue weighted by molar-refractivity contribution is 0.189. The summed E-state index contributed by atoms with van der Waals surface area (Å²) in [6, 6.07) is 14.6. The largest absolute Gasteiger partial charge is 0.420 e. The second kappa shape index (κ2) is 9.42. The molecule has 0 bridgehead atoms. The standard InChI is InChI=1S/C21H19ClN4O3S/c1-28-12-6-11-26-20(27)15-8-3-5-10-17(15)23-21(26)30-13-18-24-25-19(29-18)14-7-2-4-9-16(14)22/h2-5,7-10H,6,11-13H2,1H3. The van der Waals surface area contributed by atoms with E-state index in [0.29, 0.717) is 63.8 Å². The lowest BCUT2D eigenvalue weighted by Crippen LogP contribution is -2.24. The molecule has 0 saturated heterocycles. The molecule has 0 aliphatic rings. The number of benzene rings is 2. The number of aromatic nitrogens is 4. The van der Waals surface area contributed by atoms with Gasteiger partial charge < -0.3 is 9.15 Å². The molecule has 0 atom stereocenters. The Hall–Kier alpha value is -2.68. The van der Waals surface area contributed by atoms with Crippen molar-refractivity contribution in [1.29, 1.82) is 0 Å². The van der Waals surface area contributed by atoms with Gasteiger partial charge in [-0.2, -0.15) is 0 Å². The Morgan fingerprint density at radius 2 is 1.93 bits per heavy atom. The predicted molar refractivity (Wildman–Crippen MR) is 117 cm³/mol. The van der Waals surface area contributed by atoms with Crippen molar-refractivity contribution >= 4 is 34.3 Å². The van der Waals surface area contributed by atoms with Crippen LogP contribution in [0.15, 0.2) is 62.9 Å². The molecule has 0 aliphatic heterocycles. The molecule has 30 heavy (non-hydrogen) atoms. The van der Waals surface area contributed by atoms with Gasteiger partial charge in [-0.05, 0) is 30.7 Å². The minimum atomic E-state index is -0.0681. The van der Waals surface area contributed by atoms with Crippen LogP contribution in [-0.4, -0.2) is 33.5 Å². The SMILES string of the molecule is COCCCn1c(SCc2nnc(-c3ccccc3Cl)o2)nc2ccccc2c1=O. The summed E-state index contributed by atoms with van der Waals surface area (Å²) < 4.78 is 12.6. The number of thioether (sulfide) groups is 1. The molecular formula is C21H19ClN4O3S. The number of hydrogen-bond acceptors (Lipinski definition) is 7. The van der Waals surface area contributed by atoms with Gasteiger partial charge in [0.05, 0.1) is 27.2 Å². The Morgan fingerprint density at radius 1 is 1.13 bits per heavy atom. The van der Waals surface area contributed by atoms with Gasteiger partial charge in [-0.25, -0.2) is 4.98 Å². The van der Waals surface area contributed by atoms with E-state index in [4.69, 9.17) is 20.8 Å². The molecular weight excluding hydrogens is 424 g/mol. The molecule has 7 nitrogen and oxygen atoms in total. The van der Waals surface area contributed by atoms with Gasteiger partial charge in [0, 0.05) is 20.3 Å². The van der Waals surface area contributed by atoms with Gasteiger partial charge in [-0.15, -0.1) is 10.2 Å². The van der Waals surface area contributed by atoms with E-state index in [2.05, 4.69) is 15.2 Å². The van der Waals surface area contributed by atoms with Crippen molar-refractivity contribution < 1.29 is 9.15 Å². The highest BCUT2D eigenvalue weighted by atomic mass is 35.5. The number of hydrogen-bond donors (Lipinski definition) is 0. The number of methoxy groups -OCH3 is 1. The molecule has 2 heterocycles. The van der Waals surface area contributed by atoms with Crippen molar-refractivity contribution in [2.75, 3.05) is 13.7 Å². The van der Waals surface area contributed by atoms with Crippen LogP contribution in [0.4, 0.5) is 0 Å². The monoisotopic (exact) mass is 442 g/mol. The summed E-state index contributed by atoms with van der Waals surface area (Å²) in [6.45, 7) is 1.08. The number of rotatable bonds is 8. The summed E-state index contributed by atoms with van der Waals surface area (Å²) in [5.74, 6) is 1.17. The fraction of sp³-hybridized carbons (Fsp3) is 0.238. The minimum absolute atomic E-state index is 0.0681. The highest BCUT2D eigenvalue weighted by Crippen LogP contribution is 2.28. The predicted octanol–water partition coefficient (Wildman–Crippen LogP) is 4.43. The first kappa shape index (κ1) is 20.6. The summed E-state index contributed by atoms with van der Waals surface area (Å²) in [5, 5.41) is 9.94. The fourth-order valence-corrected chi connectivity index (χ4v) is 4.08. The molecule has 0 fully saturated rings. The summed E-state index contributed by atoms with van der Waals surface area (Å²) in [7, 11) is 1.64. The second-order valence-electron chi connectivity index (χ2n) is 6.48. The Kier molecular flexibility index (Phi) is 6.47. The van der Waals surface area contributed by atoms with Gasteiger partial charge in [0.2, 0.25) is 11.8 Å². The lowest BCUT2D eigenvalue weighted by Gasteiger charge is -2.12. The van der Waals surface area contributed by atoms with E-state index in [9.17, 15) is 4.79 Å². The van der Waals surface area contributed by atoms with E-state index in [1.54, 1.807) is 23.8 Å². The van der Waals surface area contributed by atoms with Crippen molar-refractivity contribution in [1.82, 2.24) is 19.7 Å². The Balaban J connectivity index is 1.60. The lowest BCUT2D eigenvalue weighted by atomic mass is 10.2. The summed E-state index contributed by atoms with van der Waals surface area (Å²) in [6.07, 6.45) is 0.710. The third-order valence-corrected chi connectivity index (χ3v) is 5.74. The maximum atomic E-state index is 13.0. The van der Waals surface area contributed by atoms with E-state index in [1.165, 1.54) is 11.8 Å². The molecule has 0 N–H and O–H groups in total. The average molecular weight is 443 g/mol. The van der Waals surface area contributed by atoms with Gasteiger partial charge in [0.25, 0.3) is 5.56 Å². The Labute approximate surface area is 182 Å². The molecule has 0 amide bonds. The van der Waals surface area contributed by atoms with Crippen LogP contribution in [0.1, 0.15) is 12.3 Å². The summed E-state index contributed by atoms with van der Waals surface area (Å²) in [4.78, 5) is 17.7. The second-order valence-corrected chi connectivity index (χ2v) is 7.83. The molecule has 2 aromatic carbocycles. The molecule has 0 unspecified atom stereocenters.